The van der Waals surface area contributed by atoms with Crippen LogP contribution in [0.2, 0.25) is 0 Å². The zero-order chi connectivity index (χ0) is 12.1. The zero-order valence-corrected chi connectivity index (χ0v) is 11.1. The van der Waals surface area contributed by atoms with E-state index in [9.17, 15) is 4.79 Å². The maximum atomic E-state index is 10.6. The van der Waals surface area contributed by atoms with Gasteiger partial charge in [0.2, 0.25) is 0 Å². The van der Waals surface area contributed by atoms with E-state index in [0.717, 1.165) is 11.2 Å². The van der Waals surface area contributed by atoms with Crippen molar-refractivity contribution in [1.29, 1.82) is 0 Å². The number of rotatable bonds is 4. The number of benzene rings is 2. The molecule has 86 valence electrons. The molecule has 0 N–H and O–H groups in total. The Balaban J connectivity index is 2.15. The second kappa shape index (κ2) is 5.94. The third-order valence-electron chi connectivity index (χ3n) is 2.29. The van der Waals surface area contributed by atoms with Gasteiger partial charge in [-0.3, -0.25) is 4.79 Å². The van der Waals surface area contributed by atoms with E-state index in [-0.39, 0.29) is 0 Å². The Kier molecular flexibility index (Phi) is 4.29. The molecule has 0 saturated carbocycles. The first-order chi connectivity index (χ1) is 8.31. The summed E-state index contributed by atoms with van der Waals surface area (Å²) in [6.45, 7) is 0. The molecule has 1 nitrogen and oxygen atoms in total. The highest BCUT2D eigenvalue weighted by Crippen LogP contribution is 2.30. The standard InChI is InChI=1S/C14H12OS2/c1-16-13-3-2-4-14(9-13)17-12-7-5-11(10-15)6-8-12/h2-10H,1H3. The van der Waals surface area contributed by atoms with Gasteiger partial charge in [-0.2, -0.15) is 0 Å². The molecule has 0 heterocycles. The Labute approximate surface area is 110 Å². The molecule has 0 aliphatic heterocycles. The molecule has 0 aliphatic rings. The van der Waals surface area contributed by atoms with Crippen molar-refractivity contribution in [3.63, 3.8) is 0 Å². The van der Waals surface area contributed by atoms with Crippen LogP contribution in [0.4, 0.5) is 0 Å². The topological polar surface area (TPSA) is 17.1 Å². The zero-order valence-electron chi connectivity index (χ0n) is 9.42. The SMILES string of the molecule is CSc1cccc(Sc2ccc(C=O)cc2)c1. The van der Waals surface area contributed by atoms with Gasteiger partial charge >= 0.3 is 0 Å². The van der Waals surface area contributed by atoms with Gasteiger partial charge in [0, 0.05) is 20.2 Å². The van der Waals surface area contributed by atoms with Crippen LogP contribution in [0.1, 0.15) is 10.4 Å². The number of hydrogen-bond acceptors (Lipinski definition) is 3. The lowest BCUT2D eigenvalue weighted by atomic mass is 10.2. The maximum Gasteiger partial charge on any atom is 0.150 e. The molecule has 3 heteroatoms. The van der Waals surface area contributed by atoms with Crippen molar-refractivity contribution in [2.75, 3.05) is 6.26 Å². The minimum absolute atomic E-state index is 0.715. The molecule has 0 unspecified atom stereocenters. The molecule has 0 amide bonds. The van der Waals surface area contributed by atoms with Crippen molar-refractivity contribution in [3.8, 4) is 0 Å². The molecule has 0 atom stereocenters. The third kappa shape index (κ3) is 3.38. The molecule has 2 rings (SSSR count). The normalized spacial score (nSPS) is 10.2. The molecular weight excluding hydrogens is 248 g/mol. The summed E-state index contributed by atoms with van der Waals surface area (Å²) in [5, 5.41) is 0. The summed E-state index contributed by atoms with van der Waals surface area (Å²) in [5.74, 6) is 0. The fraction of sp³-hybridized carbons (Fsp3) is 0.0714. The van der Waals surface area contributed by atoms with Crippen LogP contribution in [0, 0.1) is 0 Å². The Hall–Kier alpha value is -1.19. The van der Waals surface area contributed by atoms with Gasteiger partial charge in [-0.15, -0.1) is 11.8 Å². The fourth-order valence-corrected chi connectivity index (χ4v) is 2.83. The number of hydrogen-bond donors (Lipinski definition) is 0. The molecule has 2 aromatic carbocycles. The summed E-state index contributed by atoms with van der Waals surface area (Å²) in [7, 11) is 0. The van der Waals surface area contributed by atoms with Gasteiger partial charge in [-0.1, -0.05) is 30.0 Å². The monoisotopic (exact) mass is 260 g/mol. The van der Waals surface area contributed by atoms with Crippen LogP contribution in [-0.2, 0) is 0 Å². The second-order valence-corrected chi connectivity index (χ2v) is 5.49. The molecule has 2 aromatic rings. The van der Waals surface area contributed by atoms with Crippen molar-refractivity contribution in [1.82, 2.24) is 0 Å². The molecule has 0 fully saturated rings. The first-order valence-corrected chi connectivity index (χ1v) is 7.23. The summed E-state index contributed by atoms with van der Waals surface area (Å²) >= 11 is 3.45. The van der Waals surface area contributed by atoms with Crippen LogP contribution in [-0.4, -0.2) is 12.5 Å². The van der Waals surface area contributed by atoms with E-state index in [2.05, 4.69) is 30.5 Å². The van der Waals surface area contributed by atoms with Gasteiger partial charge in [0.05, 0.1) is 0 Å². The number of carbonyl (C=O) groups is 1. The quantitative estimate of drug-likeness (QED) is 0.600. The van der Waals surface area contributed by atoms with Gasteiger partial charge in [0.1, 0.15) is 6.29 Å². The molecule has 0 saturated heterocycles. The molecule has 17 heavy (non-hydrogen) atoms. The molecule has 0 spiro atoms. The van der Waals surface area contributed by atoms with Crippen molar-refractivity contribution in [3.05, 3.63) is 54.1 Å². The number of aldehydes is 1. The molecule has 0 aliphatic carbocycles. The Morgan fingerprint density at radius 3 is 2.29 bits per heavy atom. The molecule has 0 bridgehead atoms. The van der Waals surface area contributed by atoms with E-state index >= 15 is 0 Å². The second-order valence-electron chi connectivity index (χ2n) is 3.47. The van der Waals surface area contributed by atoms with Crippen LogP contribution >= 0.6 is 23.5 Å². The van der Waals surface area contributed by atoms with Crippen molar-refractivity contribution in [2.45, 2.75) is 14.7 Å². The van der Waals surface area contributed by atoms with Crippen LogP contribution in [0.25, 0.3) is 0 Å². The van der Waals surface area contributed by atoms with Crippen LogP contribution in [0.15, 0.2) is 63.2 Å². The number of carbonyl (C=O) groups excluding carboxylic acids is 1. The van der Waals surface area contributed by atoms with Crippen LogP contribution in [0.5, 0.6) is 0 Å². The van der Waals surface area contributed by atoms with E-state index in [1.165, 1.54) is 9.79 Å². The number of thioether (sulfide) groups is 1. The Morgan fingerprint density at radius 1 is 0.941 bits per heavy atom. The van der Waals surface area contributed by atoms with Gasteiger partial charge in [0.15, 0.2) is 0 Å². The van der Waals surface area contributed by atoms with Crippen molar-refractivity contribution >= 4 is 29.8 Å². The fourth-order valence-electron chi connectivity index (χ4n) is 1.42. The summed E-state index contributed by atoms with van der Waals surface area (Å²) in [6, 6.07) is 16.1. The Bertz CT molecular complexity index is 506. The van der Waals surface area contributed by atoms with E-state index in [0.29, 0.717) is 5.56 Å². The highest BCUT2D eigenvalue weighted by Gasteiger charge is 1.99. The Morgan fingerprint density at radius 2 is 1.65 bits per heavy atom. The lowest BCUT2D eigenvalue weighted by Gasteiger charge is -2.03. The van der Waals surface area contributed by atoms with Crippen molar-refractivity contribution in [2.24, 2.45) is 0 Å². The minimum atomic E-state index is 0.715. The first kappa shape index (κ1) is 12.3. The summed E-state index contributed by atoms with van der Waals surface area (Å²) in [4.78, 5) is 14.2. The minimum Gasteiger partial charge on any atom is -0.298 e. The summed E-state index contributed by atoms with van der Waals surface area (Å²) in [5.41, 5.74) is 0.715. The van der Waals surface area contributed by atoms with Crippen molar-refractivity contribution < 1.29 is 4.79 Å². The molecule has 0 aromatic heterocycles. The average molecular weight is 260 g/mol. The first-order valence-electron chi connectivity index (χ1n) is 5.19. The van der Waals surface area contributed by atoms with Gasteiger partial charge in [-0.05, 0) is 36.6 Å². The van der Waals surface area contributed by atoms with E-state index < -0.39 is 0 Å². The van der Waals surface area contributed by atoms with E-state index in [1.807, 2.05) is 24.3 Å². The highest BCUT2D eigenvalue weighted by molar-refractivity contribution is 7.99. The maximum absolute atomic E-state index is 10.6. The van der Waals surface area contributed by atoms with Gasteiger partial charge in [-0.25, -0.2) is 0 Å². The lowest BCUT2D eigenvalue weighted by Crippen LogP contribution is -1.79. The summed E-state index contributed by atoms with van der Waals surface area (Å²) < 4.78 is 0. The predicted molar refractivity (Wildman–Crippen MR) is 74.2 cm³/mol. The lowest BCUT2D eigenvalue weighted by molar-refractivity contribution is 0.112. The average Bonchev–Trinajstić information content (AvgIpc) is 2.40. The highest BCUT2D eigenvalue weighted by atomic mass is 32.2. The third-order valence-corrected chi connectivity index (χ3v) is 4.02. The molecular formula is C14H12OS2. The summed E-state index contributed by atoms with van der Waals surface area (Å²) in [6.07, 6.45) is 2.94. The smallest absolute Gasteiger partial charge is 0.150 e. The molecule has 0 radical (unpaired) electrons. The predicted octanol–water partition coefficient (Wildman–Crippen LogP) is 4.37. The van der Waals surface area contributed by atoms with Crippen LogP contribution in [0.3, 0.4) is 0 Å². The van der Waals surface area contributed by atoms with Gasteiger partial charge < -0.3 is 0 Å². The van der Waals surface area contributed by atoms with Crippen LogP contribution < -0.4 is 0 Å². The van der Waals surface area contributed by atoms with Gasteiger partial charge in [0.25, 0.3) is 0 Å². The van der Waals surface area contributed by atoms with E-state index in [1.54, 1.807) is 23.5 Å². The largest absolute Gasteiger partial charge is 0.298 e. The van der Waals surface area contributed by atoms with E-state index in [4.69, 9.17) is 0 Å².